The number of methoxy groups -OCH3 is 1. The van der Waals surface area contributed by atoms with Crippen molar-refractivity contribution in [1.82, 2.24) is 24.4 Å². The zero-order valence-electron chi connectivity index (χ0n) is 19.5. The van der Waals surface area contributed by atoms with Crippen LogP contribution in [0.3, 0.4) is 0 Å². The van der Waals surface area contributed by atoms with E-state index in [1.807, 2.05) is 32.2 Å². The molecule has 3 N–H and O–H groups in total. The highest BCUT2D eigenvalue weighted by atomic mass is 16.6. The first-order valence-corrected chi connectivity index (χ1v) is 10.4. The largest absolute Gasteiger partial charge is 0.495 e. The van der Waals surface area contributed by atoms with Gasteiger partial charge in [-0.15, -0.1) is 0 Å². The molecule has 4 aromatic rings. The molecule has 0 bridgehead atoms. The van der Waals surface area contributed by atoms with E-state index >= 15 is 0 Å². The summed E-state index contributed by atoms with van der Waals surface area (Å²) >= 11 is 0. The molecule has 0 aliphatic carbocycles. The number of fused-ring (bicyclic) bond motifs is 1. The number of carbonyl (C=O) groups excluding carboxylic acids is 1. The highest BCUT2D eigenvalue weighted by Crippen LogP contribution is 2.38. The van der Waals surface area contributed by atoms with Gasteiger partial charge in [-0.3, -0.25) is 10.00 Å². The van der Waals surface area contributed by atoms with Gasteiger partial charge in [-0.2, -0.15) is 10.2 Å². The number of nitrogens with zero attached hydrogens (tertiary/aromatic N) is 5. The SMILES string of the molecule is COc1cc(-c2cc(-c3cnn(C)c3C)n3ncnc(N)c23)ccc1NC(=O)OC(C)(C)C. The van der Waals surface area contributed by atoms with Crippen LogP contribution in [0.5, 0.6) is 5.75 Å². The molecule has 0 spiro atoms. The molecule has 0 radical (unpaired) electrons. The average Bonchev–Trinajstić information content (AvgIpc) is 3.28. The van der Waals surface area contributed by atoms with Gasteiger partial charge in [-0.05, 0) is 51.5 Å². The summed E-state index contributed by atoms with van der Waals surface area (Å²) in [7, 11) is 3.43. The van der Waals surface area contributed by atoms with Gasteiger partial charge in [0, 0.05) is 23.9 Å². The maximum absolute atomic E-state index is 12.2. The second-order valence-electron chi connectivity index (χ2n) is 8.66. The van der Waals surface area contributed by atoms with Crippen LogP contribution in [0.2, 0.25) is 0 Å². The first-order chi connectivity index (χ1) is 15.6. The molecule has 172 valence electrons. The number of aromatic nitrogens is 5. The molecule has 1 aromatic carbocycles. The maximum atomic E-state index is 12.2. The third-order valence-electron chi connectivity index (χ3n) is 5.24. The normalized spacial score (nSPS) is 11.6. The van der Waals surface area contributed by atoms with Crippen LogP contribution in [0.25, 0.3) is 27.9 Å². The molecule has 0 unspecified atom stereocenters. The van der Waals surface area contributed by atoms with E-state index in [1.165, 1.54) is 6.33 Å². The van der Waals surface area contributed by atoms with Crippen LogP contribution in [0, 0.1) is 6.92 Å². The molecule has 10 heteroatoms. The second kappa shape index (κ2) is 8.12. The molecule has 0 saturated carbocycles. The molecular formula is C23H27N7O3. The number of nitrogens with two attached hydrogens (primary N) is 1. The summed E-state index contributed by atoms with van der Waals surface area (Å²) in [5, 5.41) is 11.5. The van der Waals surface area contributed by atoms with Gasteiger partial charge in [0.1, 0.15) is 23.2 Å². The van der Waals surface area contributed by atoms with Crippen LogP contribution in [-0.2, 0) is 11.8 Å². The molecule has 4 rings (SSSR count). The highest BCUT2D eigenvalue weighted by molar-refractivity contribution is 5.94. The average molecular weight is 450 g/mol. The quantitative estimate of drug-likeness (QED) is 0.482. The van der Waals surface area contributed by atoms with Crippen LogP contribution in [0.4, 0.5) is 16.3 Å². The predicted octanol–water partition coefficient (Wildman–Crippen LogP) is 4.04. The van der Waals surface area contributed by atoms with E-state index in [4.69, 9.17) is 15.2 Å². The van der Waals surface area contributed by atoms with E-state index in [9.17, 15) is 4.79 Å². The molecule has 33 heavy (non-hydrogen) atoms. The number of nitrogens with one attached hydrogen (secondary N) is 1. The monoisotopic (exact) mass is 449 g/mol. The van der Waals surface area contributed by atoms with E-state index in [0.717, 1.165) is 28.1 Å². The minimum absolute atomic E-state index is 0.350. The molecule has 0 fully saturated rings. The van der Waals surface area contributed by atoms with Crippen LogP contribution in [-0.4, -0.2) is 43.2 Å². The van der Waals surface area contributed by atoms with Gasteiger partial charge in [0.25, 0.3) is 0 Å². The zero-order valence-corrected chi connectivity index (χ0v) is 19.5. The molecule has 0 atom stereocenters. The number of ether oxygens (including phenoxy) is 2. The standard InChI is InChI=1S/C23H27N7O3/c1-13-16(11-26-29(13)5)18-10-15(20-21(24)25-12-27-30(18)20)14-7-8-17(19(9-14)32-6)28-22(31)33-23(2,3)4/h7-12H,1-6H3,(H,28,31)(H2,24,25,27). The fraction of sp³-hybridized carbons (Fsp3) is 0.304. The van der Waals surface area contributed by atoms with Gasteiger partial charge in [-0.25, -0.2) is 14.3 Å². The minimum atomic E-state index is -0.610. The zero-order chi connectivity index (χ0) is 23.9. The molecule has 10 nitrogen and oxygen atoms in total. The van der Waals surface area contributed by atoms with Crippen molar-refractivity contribution in [1.29, 1.82) is 0 Å². The topological polar surface area (TPSA) is 122 Å². The number of benzene rings is 1. The Morgan fingerprint density at radius 1 is 1.15 bits per heavy atom. The maximum Gasteiger partial charge on any atom is 0.412 e. The third-order valence-corrected chi connectivity index (χ3v) is 5.24. The Hall–Kier alpha value is -4.08. The lowest BCUT2D eigenvalue weighted by atomic mass is 10.0. The van der Waals surface area contributed by atoms with Gasteiger partial charge in [0.15, 0.2) is 5.82 Å². The number of amides is 1. The lowest BCUT2D eigenvalue weighted by Gasteiger charge is -2.20. The third kappa shape index (κ3) is 4.19. The van der Waals surface area contributed by atoms with Crippen molar-refractivity contribution in [3.8, 4) is 28.1 Å². The Kier molecular flexibility index (Phi) is 5.44. The van der Waals surface area contributed by atoms with Gasteiger partial charge >= 0.3 is 6.09 Å². The van der Waals surface area contributed by atoms with Crippen LogP contribution >= 0.6 is 0 Å². The summed E-state index contributed by atoms with van der Waals surface area (Å²) in [6.45, 7) is 7.41. The molecule has 0 saturated heterocycles. The number of hydrogen-bond acceptors (Lipinski definition) is 7. The van der Waals surface area contributed by atoms with E-state index in [1.54, 1.807) is 49.3 Å². The number of hydrogen-bond donors (Lipinski definition) is 2. The number of nitrogen functional groups attached to an aromatic ring is 1. The summed E-state index contributed by atoms with van der Waals surface area (Å²) in [6.07, 6.45) is 2.67. The van der Waals surface area contributed by atoms with Crippen molar-refractivity contribution >= 4 is 23.1 Å². The van der Waals surface area contributed by atoms with Crippen molar-refractivity contribution in [2.24, 2.45) is 7.05 Å². The summed E-state index contributed by atoms with van der Waals surface area (Å²) in [6, 6.07) is 7.46. The lowest BCUT2D eigenvalue weighted by molar-refractivity contribution is 0.0635. The Labute approximate surface area is 191 Å². The first kappa shape index (κ1) is 22.1. The molecule has 3 aromatic heterocycles. The Bertz CT molecular complexity index is 1350. The number of rotatable bonds is 4. The van der Waals surface area contributed by atoms with Crippen LogP contribution < -0.4 is 15.8 Å². The van der Waals surface area contributed by atoms with Crippen molar-refractivity contribution in [3.63, 3.8) is 0 Å². The molecular weight excluding hydrogens is 422 g/mol. The minimum Gasteiger partial charge on any atom is -0.495 e. The smallest absolute Gasteiger partial charge is 0.412 e. The Morgan fingerprint density at radius 2 is 1.91 bits per heavy atom. The fourth-order valence-corrected chi connectivity index (χ4v) is 3.61. The summed E-state index contributed by atoms with van der Waals surface area (Å²) < 4.78 is 14.5. The Morgan fingerprint density at radius 3 is 2.55 bits per heavy atom. The van der Waals surface area contributed by atoms with E-state index in [-0.39, 0.29) is 0 Å². The molecule has 3 heterocycles. The summed E-state index contributed by atoms with van der Waals surface area (Å²) in [4.78, 5) is 16.4. The van der Waals surface area contributed by atoms with Crippen molar-refractivity contribution in [2.75, 3.05) is 18.2 Å². The Balaban J connectivity index is 1.81. The first-order valence-electron chi connectivity index (χ1n) is 10.4. The van der Waals surface area contributed by atoms with E-state index < -0.39 is 11.7 Å². The van der Waals surface area contributed by atoms with Gasteiger partial charge < -0.3 is 15.2 Å². The van der Waals surface area contributed by atoms with Gasteiger partial charge in [0.2, 0.25) is 0 Å². The lowest BCUT2D eigenvalue weighted by Crippen LogP contribution is -2.27. The van der Waals surface area contributed by atoms with Crippen molar-refractivity contribution in [2.45, 2.75) is 33.3 Å². The van der Waals surface area contributed by atoms with Crippen molar-refractivity contribution < 1.29 is 14.3 Å². The second-order valence-corrected chi connectivity index (χ2v) is 8.66. The summed E-state index contributed by atoms with van der Waals surface area (Å²) in [5.74, 6) is 0.829. The predicted molar refractivity (Wildman–Crippen MR) is 126 cm³/mol. The van der Waals surface area contributed by atoms with Crippen molar-refractivity contribution in [3.05, 3.63) is 42.5 Å². The summed E-state index contributed by atoms with van der Waals surface area (Å²) in [5.41, 5.74) is 11.2. The fourth-order valence-electron chi connectivity index (χ4n) is 3.61. The van der Waals surface area contributed by atoms with E-state index in [2.05, 4.69) is 20.5 Å². The number of carbonyl (C=O) groups is 1. The highest BCUT2D eigenvalue weighted by Gasteiger charge is 2.21. The molecule has 1 amide bonds. The van der Waals surface area contributed by atoms with Gasteiger partial charge in [-0.1, -0.05) is 6.07 Å². The molecule has 0 aliphatic rings. The molecule has 0 aliphatic heterocycles. The van der Waals surface area contributed by atoms with Crippen LogP contribution in [0.1, 0.15) is 26.5 Å². The van der Waals surface area contributed by atoms with E-state index in [0.29, 0.717) is 22.8 Å². The number of aryl methyl sites for hydroxylation is 1. The van der Waals surface area contributed by atoms with Gasteiger partial charge in [0.05, 0.1) is 24.7 Å². The van der Waals surface area contributed by atoms with Crippen LogP contribution in [0.15, 0.2) is 36.8 Å². The number of anilines is 2.